The Kier molecular flexibility index (Phi) is 7.25. The average molecular weight is 533 g/mol. The summed E-state index contributed by atoms with van der Waals surface area (Å²) in [6.45, 7) is 5.15. The molecule has 2 aromatic rings. The van der Waals surface area contributed by atoms with Gasteiger partial charge in [0.05, 0.1) is 10.9 Å². The summed E-state index contributed by atoms with van der Waals surface area (Å²) in [6.07, 6.45) is 1.66. The second-order valence-corrected chi connectivity index (χ2v) is 12.3. The molecule has 10 heteroatoms. The van der Waals surface area contributed by atoms with Gasteiger partial charge in [-0.2, -0.15) is 0 Å². The van der Waals surface area contributed by atoms with Crippen molar-refractivity contribution in [1.29, 1.82) is 0 Å². The van der Waals surface area contributed by atoms with Crippen LogP contribution in [0.15, 0.2) is 41.3 Å². The molecule has 1 saturated carbocycles. The van der Waals surface area contributed by atoms with Crippen LogP contribution in [0.1, 0.15) is 60.6 Å². The van der Waals surface area contributed by atoms with E-state index in [4.69, 9.17) is 0 Å². The molecular formula is C27H30F2N2O5S. The Morgan fingerprint density at radius 1 is 1.08 bits per heavy atom. The quantitative estimate of drug-likeness (QED) is 0.611. The van der Waals surface area contributed by atoms with Gasteiger partial charge in [-0.15, -0.1) is 0 Å². The van der Waals surface area contributed by atoms with Crippen LogP contribution in [0, 0.1) is 30.4 Å². The fraction of sp³-hybridized carbons (Fsp3) is 0.444. The molecule has 1 N–H and O–H groups in total. The van der Waals surface area contributed by atoms with Crippen LogP contribution in [0.4, 0.5) is 8.78 Å². The maximum absolute atomic E-state index is 14.9. The van der Waals surface area contributed by atoms with E-state index in [2.05, 4.69) is 5.32 Å². The number of halogens is 2. The molecular weight excluding hydrogens is 502 g/mol. The minimum absolute atomic E-state index is 0.00848. The number of carbonyl (C=O) groups excluding carboxylic acids is 3. The molecule has 2 aliphatic rings. The van der Waals surface area contributed by atoms with Crippen LogP contribution in [0.3, 0.4) is 0 Å². The second kappa shape index (κ2) is 9.96. The zero-order valence-corrected chi connectivity index (χ0v) is 21.9. The molecule has 1 aliphatic carbocycles. The number of nitrogens with one attached hydrogen (secondary N) is 1. The van der Waals surface area contributed by atoms with E-state index in [1.807, 2.05) is 13.8 Å². The Labute approximate surface area is 215 Å². The highest BCUT2D eigenvalue weighted by atomic mass is 32.2. The third kappa shape index (κ3) is 5.30. The highest BCUT2D eigenvalue weighted by molar-refractivity contribution is 7.90. The normalized spacial score (nSPS) is 23.0. The molecule has 2 amide bonds. The molecule has 4 rings (SSSR count). The van der Waals surface area contributed by atoms with Gasteiger partial charge in [0.25, 0.3) is 5.91 Å². The molecule has 198 valence electrons. The first-order valence-electron chi connectivity index (χ1n) is 12.2. The Morgan fingerprint density at radius 2 is 1.76 bits per heavy atom. The fourth-order valence-electron chi connectivity index (χ4n) is 5.15. The summed E-state index contributed by atoms with van der Waals surface area (Å²) in [7, 11) is -3.55. The molecule has 7 nitrogen and oxygen atoms in total. The largest absolute Gasteiger partial charge is 0.347 e. The van der Waals surface area contributed by atoms with Crippen molar-refractivity contribution in [2.24, 2.45) is 11.8 Å². The van der Waals surface area contributed by atoms with Crippen LogP contribution in [0.5, 0.6) is 0 Å². The lowest BCUT2D eigenvalue weighted by atomic mass is 9.75. The third-order valence-corrected chi connectivity index (χ3v) is 8.71. The maximum atomic E-state index is 14.9. The van der Waals surface area contributed by atoms with E-state index in [0.29, 0.717) is 6.42 Å². The van der Waals surface area contributed by atoms with Gasteiger partial charge in [0.2, 0.25) is 5.91 Å². The number of nitrogens with zero attached hydrogens (tertiary/aromatic N) is 1. The van der Waals surface area contributed by atoms with Gasteiger partial charge in [-0.25, -0.2) is 17.2 Å². The van der Waals surface area contributed by atoms with Crippen LogP contribution in [0.2, 0.25) is 0 Å². The zero-order valence-electron chi connectivity index (χ0n) is 21.1. The lowest BCUT2D eigenvalue weighted by molar-refractivity contribution is -0.131. The Balaban J connectivity index is 1.64. The van der Waals surface area contributed by atoms with Crippen molar-refractivity contribution in [3.05, 3.63) is 64.7 Å². The lowest BCUT2D eigenvalue weighted by Gasteiger charge is -2.36. The van der Waals surface area contributed by atoms with Crippen molar-refractivity contribution >= 4 is 27.4 Å². The van der Waals surface area contributed by atoms with E-state index in [1.165, 1.54) is 36.1 Å². The number of amides is 2. The van der Waals surface area contributed by atoms with Crippen LogP contribution in [-0.2, 0) is 19.4 Å². The summed E-state index contributed by atoms with van der Waals surface area (Å²) in [4.78, 5) is 40.2. The van der Waals surface area contributed by atoms with Crippen LogP contribution in [0.25, 0.3) is 0 Å². The Hall–Kier alpha value is -3.14. The number of sulfone groups is 1. The van der Waals surface area contributed by atoms with Gasteiger partial charge in [0.1, 0.15) is 23.5 Å². The summed E-state index contributed by atoms with van der Waals surface area (Å²) in [5, 5.41) is 2.81. The highest BCUT2D eigenvalue weighted by Gasteiger charge is 2.45. The van der Waals surface area contributed by atoms with Gasteiger partial charge in [0.15, 0.2) is 9.84 Å². The van der Waals surface area contributed by atoms with Gasteiger partial charge in [-0.3, -0.25) is 14.4 Å². The molecule has 0 spiro atoms. The molecule has 1 aliphatic heterocycles. The van der Waals surface area contributed by atoms with Crippen molar-refractivity contribution in [1.82, 2.24) is 10.2 Å². The van der Waals surface area contributed by atoms with E-state index in [1.54, 1.807) is 0 Å². The molecule has 0 radical (unpaired) electrons. The summed E-state index contributed by atoms with van der Waals surface area (Å²) >= 11 is 0. The maximum Gasteiger partial charge on any atom is 0.254 e. The summed E-state index contributed by atoms with van der Waals surface area (Å²) < 4.78 is 53.2. The number of hydrogen-bond acceptors (Lipinski definition) is 5. The molecule has 37 heavy (non-hydrogen) atoms. The smallest absolute Gasteiger partial charge is 0.254 e. The van der Waals surface area contributed by atoms with Crippen molar-refractivity contribution in [2.45, 2.75) is 63.1 Å². The SMILES string of the molecule is Cc1cc(F)c([C@H](NC(=O)[C@H]2C[C@@H](C)[C@@H](C)N2C(=O)c2cccc(S(C)(=O)=O)c2)C2CC(=O)C2)cc1F. The van der Waals surface area contributed by atoms with Crippen LogP contribution < -0.4 is 5.32 Å². The number of rotatable bonds is 6. The fourth-order valence-corrected chi connectivity index (χ4v) is 5.82. The summed E-state index contributed by atoms with van der Waals surface area (Å²) in [6, 6.07) is 5.60. The molecule has 2 aromatic carbocycles. The predicted octanol–water partition coefficient (Wildman–Crippen LogP) is 3.75. The van der Waals surface area contributed by atoms with Gasteiger partial charge in [-0.1, -0.05) is 13.0 Å². The molecule has 2 fully saturated rings. The third-order valence-electron chi connectivity index (χ3n) is 7.60. The van der Waals surface area contributed by atoms with Crippen molar-refractivity contribution in [3.63, 3.8) is 0 Å². The molecule has 1 heterocycles. The summed E-state index contributed by atoms with van der Waals surface area (Å²) in [5.41, 5.74) is 0.226. The van der Waals surface area contributed by atoms with E-state index >= 15 is 0 Å². The summed E-state index contributed by atoms with van der Waals surface area (Å²) in [5.74, 6) is -2.79. The van der Waals surface area contributed by atoms with E-state index in [0.717, 1.165) is 18.4 Å². The number of carbonyl (C=O) groups is 3. The van der Waals surface area contributed by atoms with Crippen molar-refractivity contribution in [3.8, 4) is 0 Å². The van der Waals surface area contributed by atoms with Gasteiger partial charge in [-0.05, 0) is 68.0 Å². The number of benzene rings is 2. The minimum Gasteiger partial charge on any atom is -0.347 e. The van der Waals surface area contributed by atoms with E-state index < -0.39 is 45.4 Å². The first kappa shape index (κ1) is 26.9. The molecule has 0 bridgehead atoms. The number of ketones is 1. The first-order valence-corrected chi connectivity index (χ1v) is 14.1. The molecule has 0 aromatic heterocycles. The minimum atomic E-state index is -3.55. The average Bonchev–Trinajstić information content (AvgIpc) is 3.11. The van der Waals surface area contributed by atoms with E-state index in [9.17, 15) is 31.6 Å². The molecule has 4 atom stereocenters. The molecule has 1 saturated heterocycles. The standard InChI is InChI=1S/C27H30F2N2O5S/c1-14-9-24(31(16(14)3)27(34)17-6-5-7-20(12-17)37(4,35)36)26(33)30-25(18-10-19(32)11-18)21-13-22(28)15(2)8-23(21)29/h5-8,12-14,16,18,24-25H,9-11H2,1-4H3,(H,30,33)/t14-,16-,24-,25-/m1/s1. The monoisotopic (exact) mass is 532 g/mol. The topological polar surface area (TPSA) is 101 Å². The van der Waals surface area contributed by atoms with Crippen molar-refractivity contribution in [2.75, 3.05) is 6.26 Å². The Bertz CT molecular complexity index is 1370. The Morgan fingerprint density at radius 3 is 2.38 bits per heavy atom. The van der Waals surface area contributed by atoms with E-state index in [-0.39, 0.29) is 58.1 Å². The number of Topliss-reactive ketones (excluding diaryl/α,β-unsaturated/α-hetero) is 1. The zero-order chi connectivity index (χ0) is 27.2. The first-order chi connectivity index (χ1) is 17.3. The predicted molar refractivity (Wildman–Crippen MR) is 132 cm³/mol. The van der Waals surface area contributed by atoms with Crippen molar-refractivity contribution < 1.29 is 31.6 Å². The van der Waals surface area contributed by atoms with Gasteiger partial charge < -0.3 is 10.2 Å². The van der Waals surface area contributed by atoms with Crippen LogP contribution >= 0.6 is 0 Å². The lowest BCUT2D eigenvalue weighted by Crippen LogP contribution is -2.51. The highest BCUT2D eigenvalue weighted by Crippen LogP contribution is 2.38. The second-order valence-electron chi connectivity index (χ2n) is 10.3. The van der Waals surface area contributed by atoms with Gasteiger partial charge in [0, 0.05) is 36.3 Å². The number of hydrogen-bond donors (Lipinski definition) is 1. The molecule has 0 unspecified atom stereocenters. The van der Waals surface area contributed by atoms with Crippen LogP contribution in [-0.4, -0.2) is 49.3 Å². The number of aryl methyl sites for hydroxylation is 1. The van der Waals surface area contributed by atoms with Gasteiger partial charge >= 0.3 is 0 Å². The number of likely N-dealkylation sites (tertiary alicyclic amines) is 1.